The molecule has 0 spiro atoms. The second-order valence-electron chi connectivity index (χ2n) is 5.72. The van der Waals surface area contributed by atoms with Crippen LogP contribution in [0.4, 0.5) is 0 Å². The first-order valence-electron chi connectivity index (χ1n) is 8.10. The Morgan fingerprint density at radius 2 is 2.17 bits per heavy atom. The lowest BCUT2D eigenvalue weighted by molar-refractivity contribution is -0.121. The second-order valence-corrected chi connectivity index (χ2v) is 5.72. The van der Waals surface area contributed by atoms with Crippen LogP contribution in [0.3, 0.4) is 0 Å². The Labute approximate surface area is 135 Å². The summed E-state index contributed by atoms with van der Waals surface area (Å²) in [6.07, 6.45) is 10.8. The smallest absolute Gasteiger partial charge is 0.220 e. The van der Waals surface area contributed by atoms with Crippen molar-refractivity contribution in [3.63, 3.8) is 0 Å². The van der Waals surface area contributed by atoms with Crippen molar-refractivity contribution in [3.05, 3.63) is 54.7 Å². The number of para-hydroxylation sites is 1. The van der Waals surface area contributed by atoms with E-state index in [0.29, 0.717) is 13.0 Å². The van der Waals surface area contributed by atoms with Gasteiger partial charge in [0.15, 0.2) is 0 Å². The molecule has 2 heterocycles. The SMILES string of the molecule is O=C(CCCc1c[nH]c2ccccc12)NCCCn1ccnc1. The molecule has 0 fully saturated rings. The fraction of sp³-hybridized carbons (Fsp3) is 0.333. The Kier molecular flexibility index (Phi) is 5.09. The van der Waals surface area contributed by atoms with Crippen molar-refractivity contribution in [2.75, 3.05) is 6.54 Å². The van der Waals surface area contributed by atoms with Gasteiger partial charge in [-0.05, 0) is 30.9 Å². The van der Waals surface area contributed by atoms with Crippen molar-refractivity contribution >= 4 is 16.8 Å². The molecule has 0 aliphatic carbocycles. The van der Waals surface area contributed by atoms with Crippen molar-refractivity contribution in [1.29, 1.82) is 0 Å². The van der Waals surface area contributed by atoms with Crippen molar-refractivity contribution < 1.29 is 4.79 Å². The number of aromatic nitrogens is 3. The van der Waals surface area contributed by atoms with Crippen LogP contribution >= 0.6 is 0 Å². The number of hydrogen-bond acceptors (Lipinski definition) is 2. The number of aryl methyl sites for hydroxylation is 2. The van der Waals surface area contributed by atoms with Crippen molar-refractivity contribution in [2.45, 2.75) is 32.2 Å². The van der Waals surface area contributed by atoms with Crippen molar-refractivity contribution in [1.82, 2.24) is 19.9 Å². The van der Waals surface area contributed by atoms with Crippen molar-refractivity contribution in [2.24, 2.45) is 0 Å². The quantitative estimate of drug-likeness (QED) is 0.628. The number of rotatable bonds is 8. The van der Waals surface area contributed by atoms with Crippen LogP contribution in [-0.2, 0) is 17.8 Å². The fourth-order valence-electron chi connectivity index (χ4n) is 2.77. The summed E-state index contributed by atoms with van der Waals surface area (Å²) in [7, 11) is 0. The van der Waals surface area contributed by atoms with Gasteiger partial charge in [0.2, 0.25) is 5.91 Å². The molecular formula is C18H22N4O. The van der Waals surface area contributed by atoms with E-state index in [9.17, 15) is 4.79 Å². The van der Waals surface area contributed by atoms with Gasteiger partial charge in [0.1, 0.15) is 0 Å². The minimum atomic E-state index is 0.135. The largest absolute Gasteiger partial charge is 0.361 e. The summed E-state index contributed by atoms with van der Waals surface area (Å²) in [6.45, 7) is 1.60. The maximum Gasteiger partial charge on any atom is 0.220 e. The summed E-state index contributed by atoms with van der Waals surface area (Å²) in [5, 5.41) is 4.24. The predicted octanol–water partition coefficient (Wildman–Crippen LogP) is 2.89. The monoisotopic (exact) mass is 310 g/mol. The Balaban J connectivity index is 1.34. The zero-order valence-corrected chi connectivity index (χ0v) is 13.2. The van der Waals surface area contributed by atoms with Gasteiger partial charge in [0.05, 0.1) is 6.33 Å². The second kappa shape index (κ2) is 7.63. The Morgan fingerprint density at radius 3 is 3.04 bits per heavy atom. The molecule has 0 atom stereocenters. The highest BCUT2D eigenvalue weighted by molar-refractivity contribution is 5.83. The highest BCUT2D eigenvalue weighted by Crippen LogP contribution is 2.19. The molecule has 3 rings (SSSR count). The van der Waals surface area contributed by atoms with Crippen LogP contribution in [0.1, 0.15) is 24.8 Å². The zero-order valence-electron chi connectivity index (χ0n) is 13.2. The Morgan fingerprint density at radius 1 is 1.26 bits per heavy atom. The standard InChI is InChI=1S/C18H22N4O/c23-18(20-9-4-11-22-12-10-19-14-22)8-3-5-15-13-21-17-7-2-1-6-16(15)17/h1-2,6-7,10,12-14,21H,3-5,8-9,11H2,(H,20,23). The number of benzene rings is 1. The van der Waals surface area contributed by atoms with Gasteiger partial charge in [-0.1, -0.05) is 18.2 Å². The molecule has 0 aliphatic rings. The van der Waals surface area contributed by atoms with Crippen LogP contribution in [0.15, 0.2) is 49.2 Å². The molecule has 2 N–H and O–H groups in total. The fourth-order valence-corrected chi connectivity index (χ4v) is 2.77. The minimum absolute atomic E-state index is 0.135. The van der Waals surface area contributed by atoms with Gasteiger partial charge in [0.25, 0.3) is 0 Å². The molecule has 3 aromatic rings. The molecule has 0 bridgehead atoms. The van der Waals surface area contributed by atoms with Crippen LogP contribution in [0.5, 0.6) is 0 Å². The third kappa shape index (κ3) is 4.22. The summed E-state index contributed by atoms with van der Waals surface area (Å²) in [6, 6.07) is 8.27. The van der Waals surface area contributed by atoms with Crippen LogP contribution in [0.25, 0.3) is 10.9 Å². The average molecular weight is 310 g/mol. The van der Waals surface area contributed by atoms with E-state index in [1.807, 2.05) is 29.1 Å². The third-order valence-electron chi connectivity index (χ3n) is 4.00. The van der Waals surface area contributed by atoms with Gasteiger partial charge in [-0.3, -0.25) is 4.79 Å². The summed E-state index contributed by atoms with van der Waals surface area (Å²) in [5.74, 6) is 0.135. The van der Waals surface area contributed by atoms with E-state index in [2.05, 4.69) is 27.4 Å². The Hall–Kier alpha value is -2.56. The summed E-state index contributed by atoms with van der Waals surface area (Å²) in [4.78, 5) is 19.1. The van der Waals surface area contributed by atoms with Gasteiger partial charge in [-0.15, -0.1) is 0 Å². The van der Waals surface area contributed by atoms with Crippen LogP contribution < -0.4 is 5.32 Å². The number of carbonyl (C=O) groups is 1. The van der Waals surface area contributed by atoms with Gasteiger partial charge in [-0.2, -0.15) is 0 Å². The van der Waals surface area contributed by atoms with E-state index in [1.165, 1.54) is 10.9 Å². The number of carbonyl (C=O) groups excluding carboxylic acids is 1. The number of H-pyrrole nitrogens is 1. The molecule has 23 heavy (non-hydrogen) atoms. The molecule has 5 heteroatoms. The lowest BCUT2D eigenvalue weighted by atomic mass is 10.1. The van der Waals surface area contributed by atoms with Crippen LogP contribution in [-0.4, -0.2) is 27.0 Å². The number of aromatic amines is 1. The molecule has 0 radical (unpaired) electrons. The molecule has 0 unspecified atom stereocenters. The Bertz CT molecular complexity index is 745. The normalized spacial score (nSPS) is 11.0. The molecule has 2 aromatic heterocycles. The van der Waals surface area contributed by atoms with E-state index in [-0.39, 0.29) is 5.91 Å². The molecule has 0 saturated carbocycles. The summed E-state index contributed by atoms with van der Waals surface area (Å²) in [5.41, 5.74) is 2.44. The van der Waals surface area contributed by atoms with E-state index in [4.69, 9.17) is 0 Å². The van der Waals surface area contributed by atoms with E-state index in [1.54, 1.807) is 12.5 Å². The first-order chi connectivity index (χ1) is 11.3. The number of amides is 1. The molecule has 120 valence electrons. The minimum Gasteiger partial charge on any atom is -0.361 e. The van der Waals surface area contributed by atoms with Gasteiger partial charge in [0, 0.05) is 49.0 Å². The molecule has 0 saturated heterocycles. The maximum atomic E-state index is 11.9. The molecule has 0 aliphatic heterocycles. The first-order valence-corrected chi connectivity index (χ1v) is 8.10. The number of nitrogens with one attached hydrogen (secondary N) is 2. The molecule has 5 nitrogen and oxygen atoms in total. The lowest BCUT2D eigenvalue weighted by Gasteiger charge is -2.05. The number of nitrogens with zero attached hydrogens (tertiary/aromatic N) is 2. The topological polar surface area (TPSA) is 62.7 Å². The van der Waals surface area contributed by atoms with Crippen molar-refractivity contribution in [3.8, 4) is 0 Å². The van der Waals surface area contributed by atoms with E-state index < -0.39 is 0 Å². The van der Waals surface area contributed by atoms with E-state index in [0.717, 1.165) is 31.3 Å². The number of imidazole rings is 1. The molecule has 1 amide bonds. The number of hydrogen-bond donors (Lipinski definition) is 2. The van der Waals surface area contributed by atoms with Crippen LogP contribution in [0.2, 0.25) is 0 Å². The summed E-state index contributed by atoms with van der Waals surface area (Å²) < 4.78 is 2.02. The average Bonchev–Trinajstić information content (AvgIpc) is 3.22. The number of fused-ring (bicyclic) bond motifs is 1. The maximum absolute atomic E-state index is 11.9. The van der Waals surface area contributed by atoms with Gasteiger partial charge < -0.3 is 14.9 Å². The van der Waals surface area contributed by atoms with Gasteiger partial charge >= 0.3 is 0 Å². The highest BCUT2D eigenvalue weighted by Gasteiger charge is 2.05. The predicted molar refractivity (Wildman–Crippen MR) is 91.1 cm³/mol. The van der Waals surface area contributed by atoms with E-state index >= 15 is 0 Å². The molecule has 1 aromatic carbocycles. The van der Waals surface area contributed by atoms with Crippen LogP contribution in [0, 0.1) is 0 Å². The zero-order chi connectivity index (χ0) is 15.9. The lowest BCUT2D eigenvalue weighted by Crippen LogP contribution is -2.24. The van der Waals surface area contributed by atoms with Gasteiger partial charge in [-0.25, -0.2) is 4.98 Å². The molecular weight excluding hydrogens is 288 g/mol. The first kappa shape index (κ1) is 15.3. The third-order valence-corrected chi connectivity index (χ3v) is 4.00. The highest BCUT2D eigenvalue weighted by atomic mass is 16.1. The summed E-state index contributed by atoms with van der Waals surface area (Å²) >= 11 is 0.